The third kappa shape index (κ3) is 2.63. The van der Waals surface area contributed by atoms with Gasteiger partial charge in [-0.3, -0.25) is 4.68 Å². The van der Waals surface area contributed by atoms with E-state index in [-0.39, 0.29) is 5.56 Å². The lowest BCUT2D eigenvalue weighted by molar-refractivity contribution is 0.0697. The second-order valence-electron chi connectivity index (χ2n) is 3.60. The zero-order valence-electron chi connectivity index (χ0n) is 9.42. The van der Waals surface area contributed by atoms with Crippen LogP contribution < -0.4 is 5.32 Å². The number of rotatable bonds is 4. The average Bonchev–Trinajstić information content (AvgIpc) is 2.77. The van der Waals surface area contributed by atoms with Gasteiger partial charge in [0, 0.05) is 18.4 Å². The van der Waals surface area contributed by atoms with Gasteiger partial charge in [0.2, 0.25) is 0 Å². The van der Waals surface area contributed by atoms with Crippen molar-refractivity contribution in [2.24, 2.45) is 0 Å². The number of aromatic carboxylic acids is 1. The van der Waals surface area contributed by atoms with Crippen molar-refractivity contribution in [3.63, 3.8) is 0 Å². The van der Waals surface area contributed by atoms with Gasteiger partial charge in [-0.1, -0.05) is 6.07 Å². The molecule has 2 rings (SSSR count). The molecule has 0 saturated heterocycles. The first-order chi connectivity index (χ1) is 8.19. The molecule has 0 aliphatic rings. The molecule has 88 valence electrons. The fourth-order valence-electron chi connectivity index (χ4n) is 1.50. The van der Waals surface area contributed by atoms with Crippen LogP contribution in [-0.4, -0.2) is 20.9 Å². The van der Waals surface area contributed by atoms with Crippen LogP contribution in [0.25, 0.3) is 0 Å². The van der Waals surface area contributed by atoms with Crippen molar-refractivity contribution in [1.82, 2.24) is 9.78 Å². The lowest BCUT2D eigenvalue weighted by Gasteiger charge is -2.03. The second-order valence-corrected chi connectivity index (χ2v) is 3.60. The highest BCUT2D eigenvalue weighted by atomic mass is 16.4. The summed E-state index contributed by atoms with van der Waals surface area (Å²) in [6.07, 6.45) is 3.57. The normalized spacial score (nSPS) is 10.2. The van der Waals surface area contributed by atoms with E-state index in [1.165, 1.54) is 0 Å². The Labute approximate surface area is 98.7 Å². The standard InChI is InChI=1S/C12H13N3O2/c1-2-15-8-11(7-13-15)14-10-5-3-4-9(6-10)12(16)17/h3-8,14H,2H2,1H3,(H,16,17). The van der Waals surface area contributed by atoms with Crippen molar-refractivity contribution in [3.05, 3.63) is 42.2 Å². The average molecular weight is 231 g/mol. The Morgan fingerprint density at radius 1 is 1.47 bits per heavy atom. The second kappa shape index (κ2) is 4.69. The van der Waals surface area contributed by atoms with Crippen LogP contribution in [-0.2, 0) is 6.54 Å². The first-order valence-corrected chi connectivity index (χ1v) is 5.32. The predicted molar refractivity (Wildman–Crippen MR) is 64.6 cm³/mol. The fourth-order valence-corrected chi connectivity index (χ4v) is 1.50. The summed E-state index contributed by atoms with van der Waals surface area (Å²) >= 11 is 0. The third-order valence-electron chi connectivity index (χ3n) is 2.36. The third-order valence-corrected chi connectivity index (χ3v) is 2.36. The first kappa shape index (κ1) is 11.2. The van der Waals surface area contributed by atoms with Crippen LogP contribution in [0.2, 0.25) is 0 Å². The molecule has 0 bridgehead atoms. The molecule has 1 aromatic heterocycles. The van der Waals surface area contributed by atoms with E-state index in [0.717, 1.165) is 17.9 Å². The smallest absolute Gasteiger partial charge is 0.335 e. The van der Waals surface area contributed by atoms with Gasteiger partial charge in [0.25, 0.3) is 0 Å². The number of hydrogen-bond donors (Lipinski definition) is 2. The minimum Gasteiger partial charge on any atom is -0.478 e. The summed E-state index contributed by atoms with van der Waals surface area (Å²) < 4.78 is 1.80. The van der Waals surface area contributed by atoms with Gasteiger partial charge in [-0.15, -0.1) is 0 Å². The minimum atomic E-state index is -0.932. The summed E-state index contributed by atoms with van der Waals surface area (Å²) in [5, 5.41) is 16.1. The van der Waals surface area contributed by atoms with Crippen molar-refractivity contribution in [3.8, 4) is 0 Å². The van der Waals surface area contributed by atoms with Crippen LogP contribution in [0.3, 0.4) is 0 Å². The SMILES string of the molecule is CCn1cc(Nc2cccc(C(=O)O)c2)cn1. The lowest BCUT2D eigenvalue weighted by Crippen LogP contribution is -1.97. The molecule has 0 radical (unpaired) electrons. The van der Waals surface area contributed by atoms with E-state index in [2.05, 4.69) is 10.4 Å². The van der Waals surface area contributed by atoms with Crippen molar-refractivity contribution in [2.45, 2.75) is 13.5 Å². The number of aromatic nitrogens is 2. The molecule has 0 aliphatic carbocycles. The monoisotopic (exact) mass is 231 g/mol. The molecular weight excluding hydrogens is 218 g/mol. The van der Waals surface area contributed by atoms with Crippen molar-refractivity contribution in [2.75, 3.05) is 5.32 Å². The molecule has 0 saturated carbocycles. The molecule has 0 spiro atoms. The Morgan fingerprint density at radius 3 is 2.94 bits per heavy atom. The molecule has 0 atom stereocenters. The molecule has 2 aromatic rings. The van der Waals surface area contributed by atoms with E-state index < -0.39 is 5.97 Å². The summed E-state index contributed by atoms with van der Waals surface area (Å²) in [5.74, 6) is -0.932. The Bertz CT molecular complexity index is 534. The predicted octanol–water partition coefficient (Wildman–Crippen LogP) is 2.34. The van der Waals surface area contributed by atoms with Gasteiger partial charge in [0.1, 0.15) is 0 Å². The molecule has 5 heteroatoms. The van der Waals surface area contributed by atoms with Gasteiger partial charge in [-0.2, -0.15) is 5.10 Å². The fraction of sp³-hybridized carbons (Fsp3) is 0.167. The number of hydrogen-bond acceptors (Lipinski definition) is 3. The zero-order chi connectivity index (χ0) is 12.3. The summed E-state index contributed by atoms with van der Waals surface area (Å²) in [6, 6.07) is 6.67. The molecule has 2 N–H and O–H groups in total. The van der Waals surface area contributed by atoms with Gasteiger partial charge in [-0.05, 0) is 25.1 Å². The summed E-state index contributed by atoms with van der Waals surface area (Å²) in [5.41, 5.74) is 1.84. The maximum Gasteiger partial charge on any atom is 0.335 e. The zero-order valence-corrected chi connectivity index (χ0v) is 9.42. The first-order valence-electron chi connectivity index (χ1n) is 5.32. The maximum atomic E-state index is 10.8. The Balaban J connectivity index is 2.18. The van der Waals surface area contributed by atoms with Crippen LogP contribution in [0.15, 0.2) is 36.7 Å². The molecule has 0 unspecified atom stereocenters. The summed E-state index contributed by atoms with van der Waals surface area (Å²) in [6.45, 7) is 2.80. The number of nitrogens with one attached hydrogen (secondary N) is 1. The van der Waals surface area contributed by atoms with Crippen LogP contribution in [0.4, 0.5) is 11.4 Å². The molecular formula is C12H13N3O2. The van der Waals surface area contributed by atoms with E-state index in [4.69, 9.17) is 5.11 Å². The van der Waals surface area contributed by atoms with Crippen LogP contribution >= 0.6 is 0 Å². The van der Waals surface area contributed by atoms with Gasteiger partial charge in [0.05, 0.1) is 17.4 Å². The summed E-state index contributed by atoms with van der Waals surface area (Å²) in [4.78, 5) is 10.8. The van der Waals surface area contributed by atoms with Crippen molar-refractivity contribution >= 4 is 17.3 Å². The van der Waals surface area contributed by atoms with Crippen LogP contribution in [0.5, 0.6) is 0 Å². The van der Waals surface area contributed by atoms with Crippen LogP contribution in [0, 0.1) is 0 Å². The largest absolute Gasteiger partial charge is 0.478 e. The Kier molecular flexibility index (Phi) is 3.09. The molecule has 17 heavy (non-hydrogen) atoms. The van der Waals surface area contributed by atoms with Gasteiger partial charge < -0.3 is 10.4 Å². The molecule has 1 aromatic carbocycles. The van der Waals surface area contributed by atoms with Gasteiger partial charge in [0.15, 0.2) is 0 Å². The number of benzene rings is 1. The van der Waals surface area contributed by atoms with Crippen molar-refractivity contribution < 1.29 is 9.90 Å². The number of carbonyl (C=O) groups is 1. The van der Waals surface area contributed by atoms with E-state index in [9.17, 15) is 4.79 Å². The van der Waals surface area contributed by atoms with Gasteiger partial charge in [-0.25, -0.2) is 4.79 Å². The highest BCUT2D eigenvalue weighted by Crippen LogP contribution is 2.17. The van der Waals surface area contributed by atoms with E-state index in [0.29, 0.717) is 0 Å². The Hall–Kier alpha value is -2.30. The number of carboxylic acids is 1. The quantitative estimate of drug-likeness (QED) is 0.847. The van der Waals surface area contributed by atoms with E-state index in [1.807, 2.05) is 19.2 Å². The highest BCUT2D eigenvalue weighted by Gasteiger charge is 2.04. The topological polar surface area (TPSA) is 67.2 Å². The number of nitrogens with zero attached hydrogens (tertiary/aromatic N) is 2. The highest BCUT2D eigenvalue weighted by molar-refractivity contribution is 5.89. The number of carboxylic acid groups (broad SMARTS) is 1. The Morgan fingerprint density at radius 2 is 2.29 bits per heavy atom. The number of aryl methyl sites for hydroxylation is 1. The molecule has 1 heterocycles. The minimum absolute atomic E-state index is 0.262. The maximum absolute atomic E-state index is 10.8. The van der Waals surface area contributed by atoms with E-state index >= 15 is 0 Å². The molecule has 5 nitrogen and oxygen atoms in total. The summed E-state index contributed by atoms with van der Waals surface area (Å²) in [7, 11) is 0. The molecule has 0 fully saturated rings. The van der Waals surface area contributed by atoms with E-state index in [1.54, 1.807) is 29.1 Å². The number of anilines is 2. The lowest BCUT2D eigenvalue weighted by atomic mass is 10.2. The van der Waals surface area contributed by atoms with Gasteiger partial charge >= 0.3 is 5.97 Å². The van der Waals surface area contributed by atoms with Crippen molar-refractivity contribution in [1.29, 1.82) is 0 Å². The van der Waals surface area contributed by atoms with Crippen LogP contribution in [0.1, 0.15) is 17.3 Å². The molecule has 0 amide bonds. The molecule has 0 aliphatic heterocycles.